The maximum Gasteiger partial charge on any atom is 0.104 e. The number of oxime groups is 2. The van der Waals surface area contributed by atoms with Gasteiger partial charge in [0, 0.05) is 5.92 Å². The van der Waals surface area contributed by atoms with E-state index >= 15 is 0 Å². The predicted octanol–water partition coefficient (Wildman–Crippen LogP) is 0.933. The second kappa shape index (κ2) is 3.88. The highest BCUT2D eigenvalue weighted by atomic mass is 16.4. The first-order valence-corrected chi connectivity index (χ1v) is 2.61. The molecule has 0 saturated heterocycles. The Morgan fingerprint density at radius 1 is 1.44 bits per heavy atom. The van der Waals surface area contributed by atoms with Crippen molar-refractivity contribution in [3.05, 3.63) is 0 Å². The molecule has 0 bridgehead atoms. The number of nitrogens with zero attached hydrogens (tertiary/aromatic N) is 2. The molecule has 0 fully saturated rings. The number of hydrogen-bond acceptors (Lipinski definition) is 4. The van der Waals surface area contributed by atoms with E-state index in [4.69, 9.17) is 10.4 Å². The molecule has 0 spiro atoms. The third kappa shape index (κ3) is 2.69. The second-order valence-electron chi connectivity index (χ2n) is 1.92. The maximum atomic E-state index is 8.21. The van der Waals surface area contributed by atoms with E-state index in [0.717, 1.165) is 6.21 Å². The van der Waals surface area contributed by atoms with E-state index in [9.17, 15) is 0 Å². The Morgan fingerprint density at radius 2 is 2.00 bits per heavy atom. The van der Waals surface area contributed by atoms with Gasteiger partial charge in [-0.25, -0.2) is 0 Å². The van der Waals surface area contributed by atoms with E-state index in [2.05, 4.69) is 10.3 Å². The molecule has 52 valence electrons. The van der Waals surface area contributed by atoms with E-state index in [1.807, 2.05) is 13.8 Å². The van der Waals surface area contributed by atoms with Gasteiger partial charge in [-0.3, -0.25) is 0 Å². The van der Waals surface area contributed by atoms with E-state index < -0.39 is 0 Å². The highest BCUT2D eigenvalue weighted by molar-refractivity contribution is 6.30. The lowest BCUT2D eigenvalue weighted by molar-refractivity contribution is 0.313. The van der Waals surface area contributed by atoms with Crippen LogP contribution in [0.15, 0.2) is 10.3 Å². The maximum absolute atomic E-state index is 8.21. The third-order valence-electron chi connectivity index (χ3n) is 0.897. The van der Waals surface area contributed by atoms with Gasteiger partial charge in [-0.05, 0) is 0 Å². The van der Waals surface area contributed by atoms with Crippen LogP contribution in [0.1, 0.15) is 13.8 Å². The van der Waals surface area contributed by atoms with Crippen LogP contribution in [0, 0.1) is 5.92 Å². The quantitative estimate of drug-likeness (QED) is 0.332. The summed E-state index contributed by atoms with van der Waals surface area (Å²) in [5, 5.41) is 21.8. The largest absolute Gasteiger partial charge is 0.411 e. The molecule has 2 N–H and O–H groups in total. The fourth-order valence-electron chi connectivity index (χ4n) is 0.350. The molecule has 0 heterocycles. The molecule has 0 atom stereocenters. The number of rotatable bonds is 2. The molecular weight excluding hydrogens is 120 g/mol. The zero-order valence-electron chi connectivity index (χ0n) is 5.44. The fraction of sp³-hybridized carbons (Fsp3) is 0.600. The van der Waals surface area contributed by atoms with Crippen molar-refractivity contribution >= 4 is 11.9 Å². The molecule has 0 aromatic rings. The molecule has 0 aliphatic heterocycles. The zero-order valence-corrected chi connectivity index (χ0v) is 5.44. The first-order chi connectivity index (χ1) is 4.22. The second-order valence-corrected chi connectivity index (χ2v) is 1.92. The predicted molar refractivity (Wildman–Crippen MR) is 34.3 cm³/mol. The summed E-state index contributed by atoms with van der Waals surface area (Å²) in [5.41, 5.74) is 0.359. The fourth-order valence-corrected chi connectivity index (χ4v) is 0.350. The van der Waals surface area contributed by atoms with Gasteiger partial charge in [-0.2, -0.15) is 0 Å². The molecule has 9 heavy (non-hydrogen) atoms. The average molecular weight is 130 g/mol. The molecule has 0 amide bonds. The van der Waals surface area contributed by atoms with Crippen molar-refractivity contribution in [1.29, 1.82) is 0 Å². The van der Waals surface area contributed by atoms with E-state index in [1.165, 1.54) is 0 Å². The molecular formula is C5H10N2O2. The lowest BCUT2D eigenvalue weighted by Crippen LogP contribution is -2.08. The van der Waals surface area contributed by atoms with Gasteiger partial charge in [0.15, 0.2) is 0 Å². The minimum Gasteiger partial charge on any atom is -0.411 e. The van der Waals surface area contributed by atoms with Crippen LogP contribution in [0.2, 0.25) is 0 Å². The summed E-state index contributed by atoms with van der Waals surface area (Å²) in [5.74, 6) is 0.0749. The van der Waals surface area contributed by atoms with Crippen LogP contribution >= 0.6 is 0 Å². The summed E-state index contributed by atoms with van der Waals surface area (Å²) in [6.45, 7) is 3.66. The Kier molecular flexibility index (Phi) is 3.43. The zero-order chi connectivity index (χ0) is 7.28. The summed E-state index contributed by atoms with van der Waals surface area (Å²) in [4.78, 5) is 0. The molecule has 0 aliphatic carbocycles. The molecule has 0 radical (unpaired) electrons. The van der Waals surface area contributed by atoms with Crippen LogP contribution in [-0.2, 0) is 0 Å². The highest BCUT2D eigenvalue weighted by Crippen LogP contribution is 1.92. The molecule has 0 aromatic carbocycles. The molecule has 0 rings (SSSR count). The van der Waals surface area contributed by atoms with Crippen molar-refractivity contribution in [3.8, 4) is 0 Å². The number of hydrogen-bond donors (Lipinski definition) is 2. The average Bonchev–Trinajstić information content (AvgIpc) is 1.82. The molecule has 4 nitrogen and oxygen atoms in total. The summed E-state index contributed by atoms with van der Waals surface area (Å²) < 4.78 is 0. The topological polar surface area (TPSA) is 65.2 Å². The van der Waals surface area contributed by atoms with Gasteiger partial charge in [-0.15, -0.1) is 0 Å². The summed E-state index contributed by atoms with van der Waals surface area (Å²) in [6, 6.07) is 0. The van der Waals surface area contributed by atoms with Crippen molar-refractivity contribution < 1.29 is 10.4 Å². The van der Waals surface area contributed by atoms with Crippen molar-refractivity contribution in [2.45, 2.75) is 13.8 Å². The van der Waals surface area contributed by atoms with Gasteiger partial charge in [0.2, 0.25) is 0 Å². The van der Waals surface area contributed by atoms with E-state index in [1.54, 1.807) is 0 Å². The Morgan fingerprint density at radius 3 is 2.11 bits per heavy atom. The molecule has 0 saturated carbocycles. The Labute approximate surface area is 53.5 Å². The van der Waals surface area contributed by atoms with Gasteiger partial charge in [0.25, 0.3) is 0 Å². The third-order valence-corrected chi connectivity index (χ3v) is 0.897. The lowest BCUT2D eigenvalue weighted by atomic mass is 10.1. The lowest BCUT2D eigenvalue weighted by Gasteiger charge is -1.97. The Balaban J connectivity index is 4.01. The van der Waals surface area contributed by atoms with Crippen molar-refractivity contribution in [3.63, 3.8) is 0 Å². The van der Waals surface area contributed by atoms with Crippen molar-refractivity contribution in [2.75, 3.05) is 0 Å². The molecule has 0 unspecified atom stereocenters. The van der Waals surface area contributed by atoms with Gasteiger partial charge in [-0.1, -0.05) is 24.2 Å². The summed E-state index contributed by atoms with van der Waals surface area (Å²) in [6.07, 6.45) is 1.10. The van der Waals surface area contributed by atoms with Gasteiger partial charge >= 0.3 is 0 Å². The normalized spacial score (nSPS) is 13.4. The Hall–Kier alpha value is -1.06. The minimum atomic E-state index is 0.0749. The standard InChI is InChI=1S/C5H10N2O2/c1-4(2)5(7-9)3-6-8/h3-4,8-9H,1-2H3. The monoisotopic (exact) mass is 130 g/mol. The smallest absolute Gasteiger partial charge is 0.104 e. The van der Waals surface area contributed by atoms with Crippen LogP contribution in [0.25, 0.3) is 0 Å². The van der Waals surface area contributed by atoms with Crippen LogP contribution in [-0.4, -0.2) is 22.3 Å². The summed E-state index contributed by atoms with van der Waals surface area (Å²) >= 11 is 0. The first-order valence-electron chi connectivity index (χ1n) is 2.61. The van der Waals surface area contributed by atoms with Crippen LogP contribution < -0.4 is 0 Å². The van der Waals surface area contributed by atoms with Crippen molar-refractivity contribution in [1.82, 2.24) is 0 Å². The van der Waals surface area contributed by atoms with Gasteiger partial charge in [0.05, 0.1) is 6.21 Å². The van der Waals surface area contributed by atoms with Crippen LogP contribution in [0.4, 0.5) is 0 Å². The van der Waals surface area contributed by atoms with E-state index in [0.29, 0.717) is 5.71 Å². The molecule has 4 heteroatoms. The van der Waals surface area contributed by atoms with Crippen LogP contribution in [0.3, 0.4) is 0 Å². The van der Waals surface area contributed by atoms with Gasteiger partial charge < -0.3 is 10.4 Å². The first kappa shape index (κ1) is 7.94. The SMILES string of the molecule is CC(C)C(C=NO)=NO. The van der Waals surface area contributed by atoms with E-state index in [-0.39, 0.29) is 5.92 Å². The Bertz CT molecular complexity index is 129. The summed E-state index contributed by atoms with van der Waals surface area (Å²) in [7, 11) is 0. The molecule has 0 aromatic heterocycles. The minimum absolute atomic E-state index is 0.0749. The highest BCUT2D eigenvalue weighted by Gasteiger charge is 2.00. The van der Waals surface area contributed by atoms with Crippen LogP contribution in [0.5, 0.6) is 0 Å². The molecule has 0 aliphatic rings. The van der Waals surface area contributed by atoms with Gasteiger partial charge in [0.1, 0.15) is 5.71 Å². The van der Waals surface area contributed by atoms with Crippen molar-refractivity contribution in [2.24, 2.45) is 16.2 Å².